The first-order valence-corrected chi connectivity index (χ1v) is 10.2. The molecule has 1 aromatic heterocycles. The van der Waals surface area contributed by atoms with Gasteiger partial charge in [0, 0.05) is 23.0 Å². The summed E-state index contributed by atoms with van der Waals surface area (Å²) in [5, 5.41) is 0.839. The third-order valence-corrected chi connectivity index (χ3v) is 5.64. The fourth-order valence-corrected chi connectivity index (χ4v) is 4.09. The zero-order chi connectivity index (χ0) is 19.4. The van der Waals surface area contributed by atoms with Gasteiger partial charge in [-0.25, -0.2) is 13.1 Å². The summed E-state index contributed by atoms with van der Waals surface area (Å²) < 4.78 is 32.3. The van der Waals surface area contributed by atoms with Crippen LogP contribution in [-0.2, 0) is 22.2 Å². The van der Waals surface area contributed by atoms with E-state index in [1.54, 1.807) is 31.4 Å². The molecule has 0 spiro atoms. The number of rotatable bonds is 7. The molecule has 0 aliphatic heterocycles. The third kappa shape index (κ3) is 4.96. The number of methoxy groups -OCH3 is 1. The summed E-state index contributed by atoms with van der Waals surface area (Å²) >= 11 is 0. The molecule has 3 aromatic rings. The highest BCUT2D eigenvalue weighted by Crippen LogP contribution is 2.18. The van der Waals surface area contributed by atoms with E-state index >= 15 is 0 Å². The molecule has 2 aromatic carbocycles. The van der Waals surface area contributed by atoms with Gasteiger partial charge in [0.25, 0.3) is 5.56 Å². The molecule has 1 heterocycles. The van der Waals surface area contributed by atoms with Crippen LogP contribution in [0.15, 0.2) is 53.3 Å². The van der Waals surface area contributed by atoms with E-state index in [0.29, 0.717) is 23.3 Å². The summed E-state index contributed by atoms with van der Waals surface area (Å²) in [5.41, 5.74) is 2.77. The molecule has 6 nitrogen and oxygen atoms in total. The Balaban J connectivity index is 1.69. The minimum atomic E-state index is -3.47. The number of pyridine rings is 1. The number of benzene rings is 2. The SMILES string of the molecule is COc1ccc2[nH]c(=O)c(CCNS(=O)(=O)Cc3cccc(C)c3)cc2c1. The fourth-order valence-electron chi connectivity index (χ4n) is 2.96. The minimum Gasteiger partial charge on any atom is -0.497 e. The van der Waals surface area contributed by atoms with Crippen molar-refractivity contribution in [1.29, 1.82) is 0 Å². The van der Waals surface area contributed by atoms with Gasteiger partial charge in [0.1, 0.15) is 5.75 Å². The molecule has 0 radical (unpaired) electrons. The van der Waals surface area contributed by atoms with Crippen LogP contribution < -0.4 is 15.0 Å². The number of sulfonamides is 1. The number of ether oxygens (including phenoxy) is 1. The second-order valence-corrected chi connectivity index (χ2v) is 8.28. The van der Waals surface area contributed by atoms with Crippen LogP contribution in [0.3, 0.4) is 0 Å². The van der Waals surface area contributed by atoms with Crippen molar-refractivity contribution < 1.29 is 13.2 Å². The van der Waals surface area contributed by atoms with Crippen molar-refractivity contribution >= 4 is 20.9 Å². The smallest absolute Gasteiger partial charge is 0.251 e. The van der Waals surface area contributed by atoms with E-state index in [2.05, 4.69) is 9.71 Å². The van der Waals surface area contributed by atoms with Crippen LogP contribution in [0.4, 0.5) is 0 Å². The van der Waals surface area contributed by atoms with Crippen LogP contribution >= 0.6 is 0 Å². The largest absolute Gasteiger partial charge is 0.497 e. The Kier molecular flexibility index (Phi) is 5.62. The second-order valence-electron chi connectivity index (χ2n) is 6.47. The molecule has 0 aliphatic rings. The van der Waals surface area contributed by atoms with Gasteiger partial charge in [0.15, 0.2) is 0 Å². The van der Waals surface area contributed by atoms with Crippen molar-refractivity contribution in [2.45, 2.75) is 19.1 Å². The number of aromatic nitrogens is 1. The third-order valence-electron chi connectivity index (χ3n) is 4.28. The van der Waals surface area contributed by atoms with Gasteiger partial charge in [-0.1, -0.05) is 29.8 Å². The molecule has 142 valence electrons. The van der Waals surface area contributed by atoms with Crippen molar-refractivity contribution in [3.63, 3.8) is 0 Å². The highest BCUT2D eigenvalue weighted by atomic mass is 32.2. The molecule has 27 heavy (non-hydrogen) atoms. The fraction of sp³-hybridized carbons (Fsp3) is 0.250. The van der Waals surface area contributed by atoms with Crippen LogP contribution in [0, 0.1) is 6.92 Å². The lowest BCUT2D eigenvalue weighted by Crippen LogP contribution is -2.28. The molecular weight excluding hydrogens is 364 g/mol. The maximum absolute atomic E-state index is 12.3. The Labute approximate surface area is 158 Å². The van der Waals surface area contributed by atoms with Crippen molar-refractivity contribution in [1.82, 2.24) is 9.71 Å². The molecular formula is C20H22N2O4S. The van der Waals surface area contributed by atoms with E-state index in [-0.39, 0.29) is 17.9 Å². The Morgan fingerprint density at radius 2 is 1.93 bits per heavy atom. The maximum atomic E-state index is 12.3. The molecule has 0 unspecified atom stereocenters. The number of H-pyrrole nitrogens is 1. The second kappa shape index (κ2) is 7.94. The molecule has 0 saturated heterocycles. The van der Waals surface area contributed by atoms with Gasteiger partial charge in [0.2, 0.25) is 10.0 Å². The Bertz CT molecular complexity index is 1120. The molecule has 0 bridgehead atoms. The van der Waals surface area contributed by atoms with Crippen molar-refractivity contribution in [3.05, 3.63) is 75.6 Å². The summed E-state index contributed by atoms with van der Waals surface area (Å²) in [6.07, 6.45) is 0.301. The van der Waals surface area contributed by atoms with Gasteiger partial charge >= 0.3 is 0 Å². The lowest BCUT2D eigenvalue weighted by molar-refractivity contribution is 0.415. The van der Waals surface area contributed by atoms with E-state index in [9.17, 15) is 13.2 Å². The molecule has 2 N–H and O–H groups in total. The summed E-state index contributed by atoms with van der Waals surface area (Å²) in [6.45, 7) is 2.08. The van der Waals surface area contributed by atoms with Crippen LogP contribution in [0.1, 0.15) is 16.7 Å². The normalized spacial score (nSPS) is 11.6. The zero-order valence-corrected chi connectivity index (χ0v) is 16.1. The molecule has 7 heteroatoms. The Morgan fingerprint density at radius 1 is 1.11 bits per heavy atom. The average molecular weight is 386 g/mol. The molecule has 0 aliphatic carbocycles. The monoisotopic (exact) mass is 386 g/mol. The van der Waals surface area contributed by atoms with E-state index in [1.807, 2.05) is 31.2 Å². The maximum Gasteiger partial charge on any atom is 0.251 e. The van der Waals surface area contributed by atoms with Gasteiger partial charge in [-0.05, 0) is 43.2 Å². The van der Waals surface area contributed by atoms with Crippen LogP contribution in [0.5, 0.6) is 5.75 Å². The first kappa shape index (κ1) is 19.1. The van der Waals surface area contributed by atoms with Crippen LogP contribution in [0.2, 0.25) is 0 Å². The van der Waals surface area contributed by atoms with Gasteiger partial charge in [-0.3, -0.25) is 4.79 Å². The zero-order valence-electron chi connectivity index (χ0n) is 15.3. The van der Waals surface area contributed by atoms with E-state index in [4.69, 9.17) is 4.74 Å². The number of aromatic amines is 1. The van der Waals surface area contributed by atoms with Crippen molar-refractivity contribution in [2.24, 2.45) is 0 Å². The van der Waals surface area contributed by atoms with E-state index < -0.39 is 10.0 Å². The standard InChI is InChI=1S/C20H22N2O4S/c1-14-4-3-5-15(10-14)13-27(24,25)21-9-8-16-11-17-12-18(26-2)6-7-19(17)22-20(16)23/h3-7,10-12,21H,8-9,13H2,1-2H3,(H,22,23). The predicted molar refractivity (Wildman–Crippen MR) is 107 cm³/mol. The van der Waals surface area contributed by atoms with Gasteiger partial charge in [-0.2, -0.15) is 0 Å². The van der Waals surface area contributed by atoms with E-state index in [0.717, 1.165) is 16.5 Å². The van der Waals surface area contributed by atoms with Crippen molar-refractivity contribution in [2.75, 3.05) is 13.7 Å². The number of aryl methyl sites for hydroxylation is 1. The van der Waals surface area contributed by atoms with Gasteiger partial charge in [0.05, 0.1) is 12.9 Å². The summed E-state index contributed by atoms with van der Waals surface area (Å²) in [7, 11) is -1.89. The first-order chi connectivity index (χ1) is 12.9. The molecule has 0 atom stereocenters. The van der Waals surface area contributed by atoms with E-state index in [1.165, 1.54) is 0 Å². The molecule has 0 fully saturated rings. The van der Waals surface area contributed by atoms with Gasteiger partial charge < -0.3 is 9.72 Å². The predicted octanol–water partition coefficient (Wildman–Crippen LogP) is 2.51. The first-order valence-electron chi connectivity index (χ1n) is 8.59. The van der Waals surface area contributed by atoms with Crippen LogP contribution in [-0.4, -0.2) is 27.1 Å². The quantitative estimate of drug-likeness (QED) is 0.653. The van der Waals surface area contributed by atoms with Crippen molar-refractivity contribution in [3.8, 4) is 5.75 Å². The summed E-state index contributed by atoms with van der Waals surface area (Å²) in [4.78, 5) is 15.0. The number of hydrogen-bond acceptors (Lipinski definition) is 4. The number of nitrogens with one attached hydrogen (secondary N) is 2. The lowest BCUT2D eigenvalue weighted by atomic mass is 10.1. The van der Waals surface area contributed by atoms with Crippen LogP contribution in [0.25, 0.3) is 10.9 Å². The Morgan fingerprint density at radius 3 is 2.67 bits per heavy atom. The average Bonchev–Trinajstić information content (AvgIpc) is 2.61. The summed E-state index contributed by atoms with van der Waals surface area (Å²) in [6, 6.07) is 14.5. The molecule has 0 saturated carbocycles. The highest BCUT2D eigenvalue weighted by molar-refractivity contribution is 7.88. The Hall–Kier alpha value is -2.64. The minimum absolute atomic E-state index is 0.0834. The number of fused-ring (bicyclic) bond motifs is 1. The van der Waals surface area contributed by atoms with Gasteiger partial charge in [-0.15, -0.1) is 0 Å². The molecule has 0 amide bonds. The number of hydrogen-bond donors (Lipinski definition) is 2. The highest BCUT2D eigenvalue weighted by Gasteiger charge is 2.12. The summed E-state index contributed by atoms with van der Waals surface area (Å²) in [5.74, 6) is 0.610. The molecule has 3 rings (SSSR count). The lowest BCUT2D eigenvalue weighted by Gasteiger charge is -2.08. The topological polar surface area (TPSA) is 88.3 Å².